The number of carbonyl (C=O) groups excluding carboxylic acids is 2. The summed E-state index contributed by atoms with van der Waals surface area (Å²) in [5.41, 5.74) is 6.33. The zero-order valence-electron chi connectivity index (χ0n) is 20.9. The number of nitrogens with one attached hydrogen (secondary N) is 2. The van der Waals surface area contributed by atoms with Crippen LogP contribution >= 0.6 is 11.3 Å². The van der Waals surface area contributed by atoms with Crippen LogP contribution in [-0.2, 0) is 4.79 Å². The van der Waals surface area contributed by atoms with Gasteiger partial charge in [-0.25, -0.2) is 8.78 Å². The Labute approximate surface area is 209 Å². The standard InChI is InChI=1S/C13H14N4O2S.C8H10F2.C4H10O/c1-17-6-7-2-3-9(15-10(7)13(17)19)16-12-8(11(14)18)4-5-20-12;1-4-5-8(10)6(2)7(3)9;1-4(2,3)5/h2-5,10,15-16H,6H2,1H3,(H2,14,18);4-5H,1H2,2-3H3;5H,1-3H3/b;7-6+,8-5+;. The van der Waals surface area contributed by atoms with Crippen LogP contribution in [0.5, 0.6) is 0 Å². The van der Waals surface area contributed by atoms with E-state index in [0.29, 0.717) is 22.9 Å². The maximum Gasteiger partial charge on any atom is 0.251 e. The molecule has 0 bridgehead atoms. The number of halogens is 2. The molecule has 0 radical (unpaired) electrons. The average Bonchev–Trinajstić information content (AvgIpc) is 3.31. The molecule has 0 aliphatic carbocycles. The Morgan fingerprint density at radius 2 is 1.94 bits per heavy atom. The van der Waals surface area contributed by atoms with Gasteiger partial charge in [0.15, 0.2) is 0 Å². The van der Waals surface area contributed by atoms with E-state index in [2.05, 4.69) is 17.2 Å². The second-order valence-corrected chi connectivity index (χ2v) is 9.74. The van der Waals surface area contributed by atoms with Crippen LogP contribution < -0.4 is 16.4 Å². The van der Waals surface area contributed by atoms with Gasteiger partial charge in [0.1, 0.15) is 28.5 Å². The second kappa shape index (κ2) is 13.0. The summed E-state index contributed by atoms with van der Waals surface area (Å²) in [5.74, 6) is -0.819. The smallest absolute Gasteiger partial charge is 0.251 e. The Hall–Kier alpha value is -3.24. The van der Waals surface area contributed by atoms with Gasteiger partial charge in [0.2, 0.25) is 5.91 Å². The molecule has 35 heavy (non-hydrogen) atoms. The van der Waals surface area contributed by atoms with Gasteiger partial charge in [0, 0.05) is 19.2 Å². The third kappa shape index (κ3) is 9.87. The molecular formula is C25H34F2N4O3S. The number of amides is 2. The molecule has 10 heteroatoms. The maximum atomic E-state index is 12.5. The lowest BCUT2D eigenvalue weighted by atomic mass is 10.1. The molecule has 1 aromatic heterocycles. The van der Waals surface area contributed by atoms with Gasteiger partial charge in [-0.1, -0.05) is 18.7 Å². The van der Waals surface area contributed by atoms with Gasteiger partial charge in [0.05, 0.1) is 11.2 Å². The predicted octanol–water partition coefficient (Wildman–Crippen LogP) is 4.54. The Balaban J connectivity index is 0.000000343. The van der Waals surface area contributed by atoms with Crippen molar-refractivity contribution < 1.29 is 23.5 Å². The number of nitrogens with two attached hydrogens (primary N) is 1. The molecule has 3 rings (SSSR count). The van der Waals surface area contributed by atoms with Gasteiger partial charge in [0.25, 0.3) is 5.91 Å². The molecule has 0 spiro atoms. The van der Waals surface area contributed by atoms with Crippen molar-refractivity contribution in [1.82, 2.24) is 10.2 Å². The summed E-state index contributed by atoms with van der Waals surface area (Å²) in [5, 5.41) is 17.2. The lowest BCUT2D eigenvalue weighted by molar-refractivity contribution is -0.128. The molecule has 1 unspecified atom stereocenters. The number of fused-ring (bicyclic) bond motifs is 1. The Bertz CT molecular complexity index is 1060. The number of likely N-dealkylation sites (N-methyl/N-ethyl adjacent to an activating group) is 1. The van der Waals surface area contributed by atoms with E-state index in [9.17, 15) is 18.4 Å². The highest BCUT2D eigenvalue weighted by Gasteiger charge is 2.35. The molecule has 2 aliphatic rings. The van der Waals surface area contributed by atoms with Crippen molar-refractivity contribution in [3.05, 3.63) is 76.5 Å². The molecule has 1 aromatic rings. The number of rotatable bonds is 5. The van der Waals surface area contributed by atoms with Crippen LogP contribution in [0.15, 0.2) is 71.0 Å². The van der Waals surface area contributed by atoms with Gasteiger partial charge in [-0.05, 0) is 63.8 Å². The van der Waals surface area contributed by atoms with Gasteiger partial charge in [-0.2, -0.15) is 0 Å². The largest absolute Gasteiger partial charge is 0.391 e. The van der Waals surface area contributed by atoms with E-state index < -0.39 is 23.2 Å². The number of thiophene rings is 1. The Kier molecular flexibility index (Phi) is 11.1. The molecule has 192 valence electrons. The van der Waals surface area contributed by atoms with E-state index >= 15 is 0 Å². The number of aliphatic hydroxyl groups is 1. The Morgan fingerprint density at radius 3 is 2.46 bits per heavy atom. The van der Waals surface area contributed by atoms with Gasteiger partial charge in [-0.15, -0.1) is 11.3 Å². The maximum absolute atomic E-state index is 12.5. The van der Waals surface area contributed by atoms with E-state index in [1.807, 2.05) is 12.2 Å². The minimum Gasteiger partial charge on any atom is -0.391 e. The van der Waals surface area contributed by atoms with E-state index in [0.717, 1.165) is 11.6 Å². The second-order valence-electron chi connectivity index (χ2n) is 8.83. The van der Waals surface area contributed by atoms with Crippen molar-refractivity contribution in [3.8, 4) is 0 Å². The highest BCUT2D eigenvalue weighted by atomic mass is 32.1. The minimum absolute atomic E-state index is 0.0277. The minimum atomic E-state index is -0.574. The van der Waals surface area contributed by atoms with Crippen LogP contribution in [0.3, 0.4) is 0 Å². The SMILES string of the molecule is C=C/C=C(F)\C(C)=C(/C)F.CC(C)(C)O.CN1CC2=CC=C(Nc3sccc3C(N)=O)NC2C1=O. The summed E-state index contributed by atoms with van der Waals surface area (Å²) in [6.45, 7) is 11.7. The first-order valence-electron chi connectivity index (χ1n) is 10.8. The van der Waals surface area contributed by atoms with Crippen LogP contribution in [0.25, 0.3) is 0 Å². The van der Waals surface area contributed by atoms with Gasteiger partial charge >= 0.3 is 0 Å². The number of nitrogens with zero attached hydrogens (tertiary/aromatic N) is 1. The number of hydrogen-bond acceptors (Lipinski definition) is 6. The van der Waals surface area contributed by atoms with Crippen LogP contribution in [0, 0.1) is 0 Å². The predicted molar refractivity (Wildman–Crippen MR) is 138 cm³/mol. The fraction of sp³-hybridized carbons (Fsp3) is 0.360. The summed E-state index contributed by atoms with van der Waals surface area (Å²) in [6, 6.07) is 1.36. The zero-order valence-corrected chi connectivity index (χ0v) is 21.7. The molecule has 5 N–H and O–H groups in total. The van der Waals surface area contributed by atoms with Crippen LogP contribution in [0.2, 0.25) is 0 Å². The first-order chi connectivity index (χ1) is 16.1. The van der Waals surface area contributed by atoms with Crippen LogP contribution in [0.1, 0.15) is 45.0 Å². The topological polar surface area (TPSA) is 108 Å². The monoisotopic (exact) mass is 508 g/mol. The molecule has 0 aromatic carbocycles. The molecule has 1 atom stereocenters. The summed E-state index contributed by atoms with van der Waals surface area (Å²) < 4.78 is 24.8. The molecular weight excluding hydrogens is 474 g/mol. The Morgan fingerprint density at radius 1 is 1.34 bits per heavy atom. The van der Waals surface area contributed by atoms with Crippen LogP contribution in [0.4, 0.5) is 13.8 Å². The van der Waals surface area contributed by atoms with E-state index in [1.54, 1.807) is 44.2 Å². The fourth-order valence-corrected chi connectivity index (χ4v) is 3.52. The van der Waals surface area contributed by atoms with Crippen molar-refractivity contribution in [2.45, 2.75) is 46.3 Å². The number of likely N-dealkylation sites (tertiary alicyclic amines) is 1. The third-order valence-electron chi connectivity index (χ3n) is 4.50. The quantitative estimate of drug-likeness (QED) is 0.437. The lowest BCUT2D eigenvalue weighted by Crippen LogP contribution is -2.40. The van der Waals surface area contributed by atoms with Crippen molar-refractivity contribution >= 4 is 28.2 Å². The van der Waals surface area contributed by atoms with E-state index in [4.69, 9.17) is 10.8 Å². The van der Waals surface area contributed by atoms with Crippen molar-refractivity contribution in [2.75, 3.05) is 18.9 Å². The molecule has 3 heterocycles. The number of allylic oxidation sites excluding steroid dienone is 7. The lowest BCUT2D eigenvalue weighted by Gasteiger charge is -2.21. The highest BCUT2D eigenvalue weighted by molar-refractivity contribution is 7.14. The summed E-state index contributed by atoms with van der Waals surface area (Å²) >= 11 is 1.39. The van der Waals surface area contributed by atoms with Crippen molar-refractivity contribution in [2.24, 2.45) is 5.73 Å². The molecule has 2 amide bonds. The number of carbonyl (C=O) groups is 2. The van der Waals surface area contributed by atoms with E-state index in [-0.39, 0.29) is 17.5 Å². The normalized spacial score (nSPS) is 17.9. The van der Waals surface area contributed by atoms with Crippen LogP contribution in [-0.4, -0.2) is 47.1 Å². The molecule has 7 nitrogen and oxygen atoms in total. The first kappa shape index (κ1) is 29.8. The van der Waals surface area contributed by atoms with Crippen molar-refractivity contribution in [1.29, 1.82) is 0 Å². The zero-order chi connectivity index (χ0) is 26.9. The molecule has 1 fully saturated rings. The molecule has 1 saturated heterocycles. The van der Waals surface area contributed by atoms with E-state index in [1.165, 1.54) is 31.3 Å². The highest BCUT2D eigenvalue weighted by Crippen LogP contribution is 2.26. The number of hydrogen-bond donors (Lipinski definition) is 4. The average molecular weight is 509 g/mol. The van der Waals surface area contributed by atoms with Gasteiger partial charge in [-0.3, -0.25) is 9.59 Å². The molecule has 2 aliphatic heterocycles. The summed E-state index contributed by atoms with van der Waals surface area (Å²) in [7, 11) is 1.78. The van der Waals surface area contributed by atoms with Crippen molar-refractivity contribution in [3.63, 3.8) is 0 Å². The number of anilines is 1. The van der Waals surface area contributed by atoms with Gasteiger partial charge < -0.3 is 26.4 Å². The first-order valence-corrected chi connectivity index (χ1v) is 11.6. The molecule has 0 saturated carbocycles. The number of dihydropyridines is 1. The number of primary amides is 1. The summed E-state index contributed by atoms with van der Waals surface area (Å²) in [6.07, 6.45) is 6.20. The summed E-state index contributed by atoms with van der Waals surface area (Å²) in [4.78, 5) is 24.9. The third-order valence-corrected chi connectivity index (χ3v) is 5.33. The fourth-order valence-electron chi connectivity index (χ4n) is 2.71.